The Hall–Kier alpha value is -1.22. The van der Waals surface area contributed by atoms with Crippen molar-refractivity contribution in [2.75, 3.05) is 0 Å². The molecule has 3 N–H and O–H groups in total. The van der Waals surface area contributed by atoms with Crippen LogP contribution in [0.5, 0.6) is 0 Å². The lowest BCUT2D eigenvalue weighted by Crippen LogP contribution is -2.21. The SMILES string of the molecule is CCc1ccc(CNC(=O)c2sc(S(N)(=O)=O)cc2C)s1. The molecule has 2 heterocycles. The Morgan fingerprint density at radius 3 is 2.48 bits per heavy atom. The van der Waals surface area contributed by atoms with E-state index < -0.39 is 10.0 Å². The molecule has 1 amide bonds. The second-order valence-corrected chi connectivity index (χ2v) is 8.62. The number of primary sulfonamides is 1. The molecule has 21 heavy (non-hydrogen) atoms. The number of carbonyl (C=O) groups is 1. The van der Waals surface area contributed by atoms with Crippen LogP contribution in [0, 0.1) is 6.92 Å². The summed E-state index contributed by atoms with van der Waals surface area (Å²) in [6, 6.07) is 5.46. The number of amides is 1. The van der Waals surface area contributed by atoms with Crippen molar-refractivity contribution < 1.29 is 13.2 Å². The number of thiophene rings is 2. The second-order valence-electron chi connectivity index (χ2n) is 4.53. The highest BCUT2D eigenvalue weighted by atomic mass is 32.2. The third-order valence-electron chi connectivity index (χ3n) is 2.87. The van der Waals surface area contributed by atoms with Gasteiger partial charge in [-0.15, -0.1) is 22.7 Å². The van der Waals surface area contributed by atoms with Crippen molar-refractivity contribution >= 4 is 38.6 Å². The van der Waals surface area contributed by atoms with E-state index in [2.05, 4.69) is 12.2 Å². The molecule has 0 aliphatic carbocycles. The highest BCUT2D eigenvalue weighted by molar-refractivity contribution is 7.91. The highest BCUT2D eigenvalue weighted by Crippen LogP contribution is 2.25. The van der Waals surface area contributed by atoms with E-state index in [1.807, 2.05) is 12.1 Å². The maximum atomic E-state index is 12.1. The summed E-state index contributed by atoms with van der Waals surface area (Å²) in [5, 5.41) is 7.88. The van der Waals surface area contributed by atoms with Gasteiger partial charge in [0.2, 0.25) is 10.0 Å². The first-order valence-corrected chi connectivity index (χ1v) is 9.48. The Labute approximate surface area is 131 Å². The van der Waals surface area contributed by atoms with Gasteiger partial charge in [-0.25, -0.2) is 13.6 Å². The minimum absolute atomic E-state index is 0.00884. The number of nitrogens with two attached hydrogens (primary N) is 1. The smallest absolute Gasteiger partial charge is 0.261 e. The van der Waals surface area contributed by atoms with Crippen molar-refractivity contribution in [1.29, 1.82) is 0 Å². The molecular formula is C13H16N2O3S3. The van der Waals surface area contributed by atoms with Crippen molar-refractivity contribution in [2.45, 2.75) is 31.0 Å². The van der Waals surface area contributed by atoms with Gasteiger partial charge in [0.15, 0.2) is 0 Å². The van der Waals surface area contributed by atoms with E-state index in [4.69, 9.17) is 5.14 Å². The third-order valence-corrected chi connectivity index (χ3v) is 6.76. The van der Waals surface area contributed by atoms with Crippen LogP contribution in [-0.2, 0) is 23.0 Å². The molecule has 0 aliphatic heterocycles. The Balaban J connectivity index is 2.08. The van der Waals surface area contributed by atoms with Crippen LogP contribution in [0.15, 0.2) is 22.4 Å². The standard InChI is InChI=1S/C13H16N2O3S3/c1-3-9-4-5-10(19-9)7-15-13(16)12-8(2)6-11(20-12)21(14,17)18/h4-6H,3,7H2,1-2H3,(H,15,16)(H2,14,17,18). The predicted molar refractivity (Wildman–Crippen MR) is 85.3 cm³/mol. The molecule has 2 aromatic rings. The van der Waals surface area contributed by atoms with Gasteiger partial charge in [0.05, 0.1) is 11.4 Å². The first-order chi connectivity index (χ1) is 9.81. The number of hydrogen-bond donors (Lipinski definition) is 2. The van der Waals surface area contributed by atoms with Gasteiger partial charge < -0.3 is 5.32 Å². The summed E-state index contributed by atoms with van der Waals surface area (Å²) in [6.45, 7) is 4.21. The molecule has 2 rings (SSSR count). The lowest BCUT2D eigenvalue weighted by atomic mass is 10.3. The zero-order valence-corrected chi connectivity index (χ0v) is 14.1. The fraction of sp³-hybridized carbons (Fsp3) is 0.308. The molecule has 114 valence electrons. The average Bonchev–Trinajstić information content (AvgIpc) is 3.01. The van der Waals surface area contributed by atoms with Gasteiger partial charge in [-0.1, -0.05) is 6.92 Å². The van der Waals surface area contributed by atoms with E-state index in [-0.39, 0.29) is 10.1 Å². The third kappa shape index (κ3) is 3.91. The van der Waals surface area contributed by atoms with E-state index in [0.29, 0.717) is 17.0 Å². The van der Waals surface area contributed by atoms with Crippen LogP contribution < -0.4 is 10.5 Å². The average molecular weight is 344 g/mol. The minimum atomic E-state index is -3.76. The van der Waals surface area contributed by atoms with Crippen LogP contribution in [-0.4, -0.2) is 14.3 Å². The zero-order valence-electron chi connectivity index (χ0n) is 11.7. The maximum Gasteiger partial charge on any atom is 0.261 e. The van der Waals surface area contributed by atoms with Crippen LogP contribution >= 0.6 is 22.7 Å². The van der Waals surface area contributed by atoms with Gasteiger partial charge in [-0.2, -0.15) is 0 Å². The molecule has 0 saturated carbocycles. The van der Waals surface area contributed by atoms with Crippen molar-refractivity contribution in [3.8, 4) is 0 Å². The van der Waals surface area contributed by atoms with Crippen LogP contribution in [0.25, 0.3) is 0 Å². The summed E-state index contributed by atoms with van der Waals surface area (Å²) in [4.78, 5) is 14.8. The minimum Gasteiger partial charge on any atom is -0.346 e. The molecule has 0 aliphatic rings. The summed E-state index contributed by atoms with van der Waals surface area (Å²) in [5.74, 6) is -0.279. The molecule has 0 spiro atoms. The summed E-state index contributed by atoms with van der Waals surface area (Å²) in [7, 11) is -3.76. The van der Waals surface area contributed by atoms with Gasteiger partial charge in [0.25, 0.3) is 5.91 Å². The van der Waals surface area contributed by atoms with Gasteiger partial charge in [0.1, 0.15) is 4.21 Å². The van der Waals surface area contributed by atoms with Crippen LogP contribution in [0.3, 0.4) is 0 Å². The van der Waals surface area contributed by atoms with Crippen molar-refractivity contribution in [1.82, 2.24) is 5.32 Å². The number of nitrogens with one attached hydrogen (secondary N) is 1. The molecule has 2 aromatic heterocycles. The summed E-state index contributed by atoms with van der Waals surface area (Å²) in [5.41, 5.74) is 0.613. The molecule has 0 unspecified atom stereocenters. The largest absolute Gasteiger partial charge is 0.346 e. The molecule has 0 atom stereocenters. The zero-order chi connectivity index (χ0) is 15.6. The second kappa shape index (κ2) is 6.27. The first-order valence-electron chi connectivity index (χ1n) is 6.30. The molecule has 0 aromatic carbocycles. The van der Waals surface area contributed by atoms with E-state index in [0.717, 1.165) is 22.6 Å². The number of rotatable bonds is 5. The van der Waals surface area contributed by atoms with E-state index in [1.165, 1.54) is 10.9 Å². The quantitative estimate of drug-likeness (QED) is 0.872. The molecule has 0 saturated heterocycles. The number of sulfonamides is 1. The van der Waals surface area contributed by atoms with Crippen LogP contribution in [0.1, 0.15) is 31.9 Å². The first kappa shape index (κ1) is 16.2. The van der Waals surface area contributed by atoms with Gasteiger partial charge >= 0.3 is 0 Å². The lowest BCUT2D eigenvalue weighted by Gasteiger charge is -2.02. The highest BCUT2D eigenvalue weighted by Gasteiger charge is 2.19. The van der Waals surface area contributed by atoms with Gasteiger partial charge in [-0.3, -0.25) is 4.79 Å². The van der Waals surface area contributed by atoms with E-state index >= 15 is 0 Å². The Morgan fingerprint density at radius 2 is 1.95 bits per heavy atom. The number of aryl methyl sites for hydroxylation is 2. The fourth-order valence-corrected chi connectivity index (χ4v) is 4.55. The Bertz CT molecular complexity index is 759. The van der Waals surface area contributed by atoms with Crippen molar-refractivity contribution in [3.63, 3.8) is 0 Å². The van der Waals surface area contributed by atoms with E-state index in [9.17, 15) is 13.2 Å². The van der Waals surface area contributed by atoms with Crippen LogP contribution in [0.4, 0.5) is 0 Å². The summed E-state index contributed by atoms with van der Waals surface area (Å²) >= 11 is 2.55. The molecule has 0 bridgehead atoms. The summed E-state index contributed by atoms with van der Waals surface area (Å²) < 4.78 is 22.6. The normalized spacial score (nSPS) is 11.6. The molecule has 8 heteroatoms. The molecule has 5 nitrogen and oxygen atoms in total. The summed E-state index contributed by atoms with van der Waals surface area (Å²) in [6.07, 6.45) is 0.973. The maximum absolute atomic E-state index is 12.1. The molecule has 0 fully saturated rings. The topological polar surface area (TPSA) is 89.3 Å². The lowest BCUT2D eigenvalue weighted by molar-refractivity contribution is 0.0955. The Morgan fingerprint density at radius 1 is 1.29 bits per heavy atom. The number of hydrogen-bond acceptors (Lipinski definition) is 5. The number of carbonyl (C=O) groups excluding carboxylic acids is 1. The predicted octanol–water partition coefficient (Wildman–Crippen LogP) is 2.26. The Kier molecular flexibility index (Phi) is 4.82. The molecular weight excluding hydrogens is 328 g/mol. The van der Waals surface area contributed by atoms with Crippen molar-refractivity contribution in [3.05, 3.63) is 38.4 Å². The van der Waals surface area contributed by atoms with Crippen LogP contribution in [0.2, 0.25) is 0 Å². The van der Waals surface area contributed by atoms with Crippen molar-refractivity contribution in [2.24, 2.45) is 5.14 Å². The fourth-order valence-electron chi connectivity index (χ4n) is 1.77. The van der Waals surface area contributed by atoms with Gasteiger partial charge in [-0.05, 0) is 37.1 Å². The van der Waals surface area contributed by atoms with E-state index in [1.54, 1.807) is 18.3 Å². The van der Waals surface area contributed by atoms with Gasteiger partial charge in [0, 0.05) is 9.75 Å². The monoisotopic (exact) mass is 344 g/mol. The molecule has 0 radical (unpaired) electrons.